The number of halogens is 1. The van der Waals surface area contributed by atoms with Crippen molar-refractivity contribution in [3.8, 4) is 0 Å². The van der Waals surface area contributed by atoms with Gasteiger partial charge >= 0.3 is 0 Å². The van der Waals surface area contributed by atoms with Crippen LogP contribution in [0.25, 0.3) is 0 Å². The van der Waals surface area contributed by atoms with Gasteiger partial charge in [0.1, 0.15) is 4.60 Å². The molecule has 1 saturated heterocycles. The summed E-state index contributed by atoms with van der Waals surface area (Å²) in [5, 5.41) is 9.09. The lowest BCUT2D eigenvalue weighted by atomic mass is 9.97. The van der Waals surface area contributed by atoms with Crippen LogP contribution in [0, 0.1) is 12.8 Å². The number of amides is 1. The van der Waals surface area contributed by atoms with Gasteiger partial charge in [-0.2, -0.15) is 0 Å². The van der Waals surface area contributed by atoms with Gasteiger partial charge in [-0.05, 0) is 53.7 Å². The lowest BCUT2D eigenvalue weighted by molar-refractivity contribution is 0.0649. The molecule has 4 nitrogen and oxygen atoms in total. The summed E-state index contributed by atoms with van der Waals surface area (Å²) in [6.07, 6.45) is 1.75. The van der Waals surface area contributed by atoms with Gasteiger partial charge in [-0.25, -0.2) is 4.98 Å². The number of nitrogens with zero attached hydrogens (tertiary/aromatic N) is 2. The van der Waals surface area contributed by atoms with Gasteiger partial charge in [0, 0.05) is 25.4 Å². The molecule has 2 heterocycles. The molecule has 0 bridgehead atoms. The quantitative estimate of drug-likeness (QED) is 0.850. The molecule has 18 heavy (non-hydrogen) atoms. The topological polar surface area (TPSA) is 53.4 Å². The van der Waals surface area contributed by atoms with Crippen molar-refractivity contribution in [2.75, 3.05) is 19.7 Å². The number of hydrogen-bond donors (Lipinski definition) is 1. The SMILES string of the molecule is Cc1ccc(C(=O)N2CCC(CO)CC2)c(Br)n1. The molecule has 2 rings (SSSR count). The maximum atomic E-state index is 12.3. The highest BCUT2D eigenvalue weighted by atomic mass is 79.9. The van der Waals surface area contributed by atoms with Crippen LogP contribution in [0.1, 0.15) is 28.9 Å². The Hall–Kier alpha value is -0.940. The zero-order chi connectivity index (χ0) is 13.1. The fraction of sp³-hybridized carbons (Fsp3) is 0.538. The molecule has 1 N–H and O–H groups in total. The molecule has 1 aliphatic heterocycles. The molecule has 0 spiro atoms. The molecule has 5 heteroatoms. The Kier molecular flexibility index (Phi) is 4.35. The molecule has 0 aliphatic carbocycles. The number of aliphatic hydroxyl groups excluding tert-OH is 1. The van der Waals surface area contributed by atoms with Gasteiger partial charge in [0.15, 0.2) is 0 Å². The normalized spacial score (nSPS) is 16.9. The number of aryl methyl sites for hydroxylation is 1. The summed E-state index contributed by atoms with van der Waals surface area (Å²) in [5.74, 6) is 0.361. The third-order valence-corrected chi connectivity index (χ3v) is 3.98. The average molecular weight is 313 g/mol. The van der Waals surface area contributed by atoms with Gasteiger partial charge < -0.3 is 10.0 Å². The van der Waals surface area contributed by atoms with Crippen LogP contribution in [-0.4, -0.2) is 40.6 Å². The predicted molar refractivity (Wildman–Crippen MR) is 72.4 cm³/mol. The highest BCUT2D eigenvalue weighted by molar-refractivity contribution is 9.10. The zero-order valence-electron chi connectivity index (χ0n) is 10.4. The summed E-state index contributed by atoms with van der Waals surface area (Å²) in [6, 6.07) is 3.66. The number of carbonyl (C=O) groups excluding carboxylic acids is 1. The molecular formula is C13H17BrN2O2. The first-order valence-electron chi connectivity index (χ1n) is 6.15. The first kappa shape index (κ1) is 13.5. The summed E-state index contributed by atoms with van der Waals surface area (Å²) < 4.78 is 0.608. The predicted octanol–water partition coefficient (Wildman–Crippen LogP) is 2.00. The van der Waals surface area contributed by atoms with Gasteiger partial charge in [-0.3, -0.25) is 4.79 Å². The largest absolute Gasteiger partial charge is 0.396 e. The second-order valence-electron chi connectivity index (χ2n) is 4.71. The average Bonchev–Trinajstić information content (AvgIpc) is 2.38. The van der Waals surface area contributed by atoms with E-state index in [-0.39, 0.29) is 12.5 Å². The maximum absolute atomic E-state index is 12.3. The van der Waals surface area contributed by atoms with E-state index in [1.165, 1.54) is 0 Å². The van der Waals surface area contributed by atoms with Gasteiger partial charge in [-0.1, -0.05) is 0 Å². The molecule has 0 unspecified atom stereocenters. The van der Waals surface area contributed by atoms with Crippen LogP contribution in [0.4, 0.5) is 0 Å². The summed E-state index contributed by atoms with van der Waals surface area (Å²) in [4.78, 5) is 18.4. The smallest absolute Gasteiger partial charge is 0.256 e. The monoisotopic (exact) mass is 312 g/mol. The van der Waals surface area contributed by atoms with Gasteiger partial charge in [0.25, 0.3) is 5.91 Å². The van der Waals surface area contributed by atoms with Crippen LogP contribution in [0.3, 0.4) is 0 Å². The molecule has 98 valence electrons. The minimum atomic E-state index is 0.0192. The number of aliphatic hydroxyl groups is 1. The Balaban J connectivity index is 2.08. The first-order valence-corrected chi connectivity index (χ1v) is 6.94. The number of aromatic nitrogens is 1. The van der Waals surface area contributed by atoms with Gasteiger partial charge in [-0.15, -0.1) is 0 Å². The first-order chi connectivity index (χ1) is 8.61. The van der Waals surface area contributed by atoms with Crippen LogP contribution in [0.15, 0.2) is 16.7 Å². The number of carbonyl (C=O) groups is 1. The Morgan fingerprint density at radius 2 is 2.17 bits per heavy atom. The number of likely N-dealkylation sites (tertiary alicyclic amines) is 1. The van der Waals surface area contributed by atoms with E-state index in [1.54, 1.807) is 0 Å². The summed E-state index contributed by atoms with van der Waals surface area (Å²) >= 11 is 3.34. The minimum Gasteiger partial charge on any atom is -0.396 e. The molecule has 0 atom stereocenters. The van der Waals surface area contributed by atoms with Crippen molar-refractivity contribution in [2.24, 2.45) is 5.92 Å². The molecule has 0 aromatic carbocycles. The maximum Gasteiger partial charge on any atom is 0.256 e. The lowest BCUT2D eigenvalue weighted by Crippen LogP contribution is -2.39. The van der Waals surface area contributed by atoms with E-state index in [0.29, 0.717) is 29.2 Å². The van der Waals surface area contributed by atoms with E-state index in [0.717, 1.165) is 18.5 Å². The molecule has 1 aromatic rings. The fourth-order valence-electron chi connectivity index (χ4n) is 2.17. The molecule has 1 amide bonds. The van der Waals surface area contributed by atoms with Gasteiger partial charge in [0.2, 0.25) is 0 Å². The number of rotatable bonds is 2. The molecule has 1 fully saturated rings. The van der Waals surface area contributed by atoms with Crippen molar-refractivity contribution in [1.29, 1.82) is 0 Å². The van der Waals surface area contributed by atoms with Crippen LogP contribution in [0.5, 0.6) is 0 Å². The van der Waals surface area contributed by atoms with E-state index in [2.05, 4.69) is 20.9 Å². The minimum absolute atomic E-state index is 0.0192. The fourth-order valence-corrected chi connectivity index (χ4v) is 2.75. The standard InChI is InChI=1S/C13H17BrN2O2/c1-9-2-3-11(12(14)15-9)13(18)16-6-4-10(8-17)5-7-16/h2-3,10,17H,4-8H2,1H3. The van der Waals surface area contributed by atoms with E-state index >= 15 is 0 Å². The Labute approximate surface area is 115 Å². The Morgan fingerprint density at radius 3 is 2.72 bits per heavy atom. The van der Waals surface area contributed by atoms with Crippen molar-refractivity contribution in [3.05, 3.63) is 28.0 Å². The van der Waals surface area contributed by atoms with E-state index in [1.807, 2.05) is 24.0 Å². The number of piperidine rings is 1. The Bertz CT molecular complexity index is 443. The second-order valence-corrected chi connectivity index (χ2v) is 5.46. The van der Waals surface area contributed by atoms with Gasteiger partial charge in [0.05, 0.1) is 5.56 Å². The lowest BCUT2D eigenvalue weighted by Gasteiger charge is -2.31. The van der Waals surface area contributed by atoms with E-state index in [4.69, 9.17) is 5.11 Å². The third kappa shape index (κ3) is 2.90. The molecule has 0 radical (unpaired) electrons. The second kappa shape index (κ2) is 5.80. The molecule has 0 saturated carbocycles. The van der Waals surface area contributed by atoms with Crippen molar-refractivity contribution < 1.29 is 9.90 Å². The molecule has 1 aliphatic rings. The van der Waals surface area contributed by atoms with Crippen LogP contribution in [-0.2, 0) is 0 Å². The Morgan fingerprint density at radius 1 is 1.50 bits per heavy atom. The van der Waals surface area contributed by atoms with Crippen molar-refractivity contribution >= 4 is 21.8 Å². The highest BCUT2D eigenvalue weighted by Gasteiger charge is 2.24. The number of pyridine rings is 1. The number of hydrogen-bond acceptors (Lipinski definition) is 3. The van der Waals surface area contributed by atoms with Crippen LogP contribution >= 0.6 is 15.9 Å². The van der Waals surface area contributed by atoms with E-state index < -0.39 is 0 Å². The third-order valence-electron chi connectivity index (χ3n) is 3.38. The van der Waals surface area contributed by atoms with Crippen molar-refractivity contribution in [1.82, 2.24) is 9.88 Å². The summed E-state index contributed by atoms with van der Waals surface area (Å²) in [6.45, 7) is 3.54. The van der Waals surface area contributed by atoms with Crippen LogP contribution < -0.4 is 0 Å². The summed E-state index contributed by atoms with van der Waals surface area (Å²) in [5.41, 5.74) is 1.50. The summed E-state index contributed by atoms with van der Waals surface area (Å²) in [7, 11) is 0. The molecular weight excluding hydrogens is 296 g/mol. The zero-order valence-corrected chi connectivity index (χ0v) is 12.0. The van der Waals surface area contributed by atoms with Crippen molar-refractivity contribution in [2.45, 2.75) is 19.8 Å². The highest BCUT2D eigenvalue weighted by Crippen LogP contribution is 2.21. The van der Waals surface area contributed by atoms with Crippen LogP contribution in [0.2, 0.25) is 0 Å². The van der Waals surface area contributed by atoms with E-state index in [9.17, 15) is 4.79 Å². The van der Waals surface area contributed by atoms with Crippen molar-refractivity contribution in [3.63, 3.8) is 0 Å². The molecule has 1 aromatic heterocycles.